The molecule has 0 aliphatic carbocycles. The third kappa shape index (κ3) is 3.97. The molecular weight excluding hydrogens is 254 g/mol. The number of benzene rings is 1. The highest BCUT2D eigenvalue weighted by atomic mass is 16.5. The molecule has 0 saturated heterocycles. The van der Waals surface area contributed by atoms with Gasteiger partial charge in [-0.15, -0.1) is 0 Å². The minimum atomic E-state index is -0.332. The predicted molar refractivity (Wildman–Crippen MR) is 79.9 cm³/mol. The van der Waals surface area contributed by atoms with E-state index < -0.39 is 0 Å². The largest absolute Gasteiger partial charge is 0.496 e. The summed E-state index contributed by atoms with van der Waals surface area (Å²) in [5.41, 5.74) is 2.18. The molecule has 0 fully saturated rings. The fraction of sp³-hybridized carbons (Fsp3) is 0.562. The third-order valence-electron chi connectivity index (χ3n) is 3.41. The molecule has 2 atom stereocenters. The second-order valence-electron chi connectivity index (χ2n) is 5.38. The second kappa shape index (κ2) is 7.29. The quantitative estimate of drug-likeness (QED) is 0.813. The second-order valence-corrected chi connectivity index (χ2v) is 5.38. The molecule has 4 nitrogen and oxygen atoms in total. The molecule has 0 heterocycles. The van der Waals surface area contributed by atoms with E-state index in [4.69, 9.17) is 9.47 Å². The molecule has 112 valence electrons. The first-order chi connectivity index (χ1) is 9.40. The fourth-order valence-corrected chi connectivity index (χ4v) is 2.19. The van der Waals surface area contributed by atoms with Crippen LogP contribution in [-0.2, 0) is 9.53 Å². The van der Waals surface area contributed by atoms with E-state index >= 15 is 0 Å². The number of hydrogen-bond donors (Lipinski definition) is 1. The van der Waals surface area contributed by atoms with Crippen LogP contribution in [0.2, 0.25) is 0 Å². The molecule has 0 amide bonds. The molecule has 0 spiro atoms. The lowest BCUT2D eigenvalue weighted by molar-refractivity contribution is -0.144. The number of nitrogens with one attached hydrogen (secondary N) is 1. The van der Waals surface area contributed by atoms with Crippen LogP contribution in [0.15, 0.2) is 18.2 Å². The summed E-state index contributed by atoms with van der Waals surface area (Å²) in [6, 6.07) is 5.73. The van der Waals surface area contributed by atoms with Crippen LogP contribution in [0.1, 0.15) is 37.9 Å². The molecule has 1 rings (SSSR count). The van der Waals surface area contributed by atoms with E-state index in [1.165, 1.54) is 7.11 Å². The van der Waals surface area contributed by atoms with Crippen LogP contribution in [0.4, 0.5) is 0 Å². The number of esters is 1. The first-order valence-corrected chi connectivity index (χ1v) is 6.89. The monoisotopic (exact) mass is 279 g/mol. The van der Waals surface area contributed by atoms with Crippen LogP contribution >= 0.6 is 0 Å². The van der Waals surface area contributed by atoms with Crippen LogP contribution in [0.25, 0.3) is 0 Å². The summed E-state index contributed by atoms with van der Waals surface area (Å²) in [5.74, 6) is 0.747. The highest BCUT2D eigenvalue weighted by molar-refractivity contribution is 5.76. The minimum absolute atomic E-state index is 0.00273. The van der Waals surface area contributed by atoms with Crippen molar-refractivity contribution in [3.8, 4) is 5.75 Å². The summed E-state index contributed by atoms with van der Waals surface area (Å²) in [7, 11) is 3.07. The highest BCUT2D eigenvalue weighted by Crippen LogP contribution is 2.27. The fourth-order valence-electron chi connectivity index (χ4n) is 2.19. The number of methoxy groups -OCH3 is 2. The molecule has 1 unspecified atom stereocenters. The Morgan fingerprint density at radius 2 is 1.85 bits per heavy atom. The van der Waals surface area contributed by atoms with E-state index in [0.29, 0.717) is 0 Å². The zero-order chi connectivity index (χ0) is 15.3. The zero-order valence-electron chi connectivity index (χ0n) is 13.2. The number of rotatable bonds is 6. The SMILES string of the molecule is COC(=O)[C@@H](NC(C)c1ccc(C)cc1OC)C(C)C. The lowest BCUT2D eigenvalue weighted by atomic mass is 10.00. The highest BCUT2D eigenvalue weighted by Gasteiger charge is 2.25. The Labute approximate surface area is 121 Å². The van der Waals surface area contributed by atoms with E-state index in [1.54, 1.807) is 7.11 Å². The molecule has 1 N–H and O–H groups in total. The van der Waals surface area contributed by atoms with Gasteiger partial charge in [0.05, 0.1) is 14.2 Å². The molecule has 0 radical (unpaired) electrons. The van der Waals surface area contributed by atoms with E-state index in [9.17, 15) is 4.79 Å². The van der Waals surface area contributed by atoms with Gasteiger partial charge in [0.25, 0.3) is 0 Å². The average molecular weight is 279 g/mol. The molecule has 0 aromatic heterocycles. The van der Waals surface area contributed by atoms with Gasteiger partial charge in [-0.3, -0.25) is 10.1 Å². The Bertz CT molecular complexity index is 457. The van der Waals surface area contributed by atoms with E-state index in [2.05, 4.69) is 5.32 Å². The van der Waals surface area contributed by atoms with Gasteiger partial charge in [-0.1, -0.05) is 26.0 Å². The average Bonchev–Trinajstić information content (AvgIpc) is 2.42. The predicted octanol–water partition coefficient (Wildman–Crippen LogP) is 2.85. The van der Waals surface area contributed by atoms with Crippen molar-refractivity contribution >= 4 is 5.97 Å². The number of carbonyl (C=O) groups excluding carboxylic acids is 1. The first-order valence-electron chi connectivity index (χ1n) is 6.89. The summed E-state index contributed by atoms with van der Waals surface area (Å²) in [6.07, 6.45) is 0. The van der Waals surface area contributed by atoms with Crippen molar-refractivity contribution in [1.29, 1.82) is 0 Å². The lowest BCUT2D eigenvalue weighted by Gasteiger charge is -2.25. The van der Waals surface area contributed by atoms with Crippen molar-refractivity contribution in [1.82, 2.24) is 5.32 Å². The maximum atomic E-state index is 11.8. The normalized spacial score (nSPS) is 13.9. The van der Waals surface area contributed by atoms with Crippen molar-refractivity contribution in [3.63, 3.8) is 0 Å². The Kier molecular flexibility index (Phi) is 6.02. The molecule has 0 aliphatic rings. The Morgan fingerprint density at radius 3 is 2.35 bits per heavy atom. The standard InChI is InChI=1S/C16H25NO3/c1-10(2)15(16(18)20-6)17-12(4)13-8-7-11(3)9-14(13)19-5/h7-10,12,15,17H,1-6H3/t12?,15-/m0/s1. The molecule has 1 aromatic carbocycles. The number of hydrogen-bond acceptors (Lipinski definition) is 4. The summed E-state index contributed by atoms with van der Waals surface area (Å²) in [6.45, 7) is 8.03. The van der Waals surface area contributed by atoms with Crippen molar-refractivity contribution in [2.75, 3.05) is 14.2 Å². The van der Waals surface area contributed by atoms with Gasteiger partial charge in [0.15, 0.2) is 0 Å². The summed E-state index contributed by atoms with van der Waals surface area (Å²) < 4.78 is 10.3. The summed E-state index contributed by atoms with van der Waals surface area (Å²) in [5, 5.41) is 3.32. The van der Waals surface area contributed by atoms with Crippen molar-refractivity contribution < 1.29 is 14.3 Å². The lowest BCUT2D eigenvalue weighted by Crippen LogP contribution is -2.43. The number of carbonyl (C=O) groups is 1. The Hall–Kier alpha value is -1.55. The molecule has 4 heteroatoms. The number of aryl methyl sites for hydroxylation is 1. The first kappa shape index (κ1) is 16.5. The van der Waals surface area contributed by atoms with Crippen LogP contribution in [0.3, 0.4) is 0 Å². The minimum Gasteiger partial charge on any atom is -0.496 e. The number of ether oxygens (including phenoxy) is 2. The van der Waals surface area contributed by atoms with Gasteiger partial charge in [-0.2, -0.15) is 0 Å². The topological polar surface area (TPSA) is 47.6 Å². The molecule has 1 aromatic rings. The van der Waals surface area contributed by atoms with Gasteiger partial charge >= 0.3 is 5.97 Å². The maximum Gasteiger partial charge on any atom is 0.323 e. The molecular formula is C16H25NO3. The van der Waals surface area contributed by atoms with Crippen molar-refractivity contribution in [3.05, 3.63) is 29.3 Å². The van der Waals surface area contributed by atoms with Crippen molar-refractivity contribution in [2.24, 2.45) is 5.92 Å². The van der Waals surface area contributed by atoms with Crippen molar-refractivity contribution in [2.45, 2.75) is 39.8 Å². The molecule has 0 bridgehead atoms. The van der Waals surface area contributed by atoms with Gasteiger partial charge in [-0.25, -0.2) is 0 Å². The van der Waals surface area contributed by atoms with E-state index in [-0.39, 0.29) is 24.0 Å². The molecule has 20 heavy (non-hydrogen) atoms. The van der Waals surface area contributed by atoms with Gasteiger partial charge in [0, 0.05) is 11.6 Å². The Morgan fingerprint density at radius 1 is 1.20 bits per heavy atom. The van der Waals surface area contributed by atoms with E-state index in [1.807, 2.05) is 45.9 Å². The van der Waals surface area contributed by atoms with Crippen LogP contribution in [0, 0.1) is 12.8 Å². The summed E-state index contributed by atoms with van der Waals surface area (Å²) in [4.78, 5) is 11.8. The maximum absolute atomic E-state index is 11.8. The van der Waals surface area contributed by atoms with Gasteiger partial charge < -0.3 is 9.47 Å². The van der Waals surface area contributed by atoms with Gasteiger partial charge in [-0.05, 0) is 31.4 Å². The third-order valence-corrected chi connectivity index (χ3v) is 3.41. The zero-order valence-corrected chi connectivity index (χ0v) is 13.2. The van der Waals surface area contributed by atoms with Crippen LogP contribution in [0.5, 0.6) is 5.75 Å². The van der Waals surface area contributed by atoms with E-state index in [0.717, 1.165) is 16.9 Å². The van der Waals surface area contributed by atoms with Gasteiger partial charge in [0.1, 0.15) is 11.8 Å². The van der Waals surface area contributed by atoms with Crippen LogP contribution < -0.4 is 10.1 Å². The molecule has 0 saturated carbocycles. The van der Waals surface area contributed by atoms with Crippen LogP contribution in [-0.4, -0.2) is 26.2 Å². The molecule has 0 aliphatic heterocycles. The van der Waals surface area contributed by atoms with Gasteiger partial charge in [0.2, 0.25) is 0 Å². The summed E-state index contributed by atoms with van der Waals surface area (Å²) >= 11 is 0. The smallest absolute Gasteiger partial charge is 0.323 e. The Balaban J connectivity index is 2.94.